The predicted molar refractivity (Wildman–Crippen MR) is 61.2 cm³/mol. The van der Waals surface area contributed by atoms with Gasteiger partial charge in [-0.15, -0.1) is 0 Å². The molecule has 0 aliphatic carbocycles. The van der Waals surface area contributed by atoms with Gasteiger partial charge in [0.15, 0.2) is 0 Å². The van der Waals surface area contributed by atoms with Crippen LogP contribution in [-0.4, -0.2) is 16.3 Å². The Balaban J connectivity index is 2.65. The number of benzene rings is 1. The van der Waals surface area contributed by atoms with Crippen LogP contribution in [0.1, 0.15) is 0 Å². The third-order valence-corrected chi connectivity index (χ3v) is 2.21. The lowest BCUT2D eigenvalue weighted by Crippen LogP contribution is -2.20. The Morgan fingerprint density at radius 2 is 2.12 bits per heavy atom. The summed E-state index contributed by atoms with van der Waals surface area (Å²) < 4.78 is 0. The zero-order valence-electron chi connectivity index (χ0n) is 8.58. The Morgan fingerprint density at radius 3 is 2.82 bits per heavy atom. The molecule has 7 heteroatoms. The number of pyridine rings is 1. The predicted octanol–water partition coefficient (Wildman–Crippen LogP) is 1.22. The van der Waals surface area contributed by atoms with E-state index >= 15 is 0 Å². The number of nitrogens with zero attached hydrogens (tertiary/aromatic N) is 2. The topological polar surface area (TPSA) is 97.2 Å². The summed E-state index contributed by atoms with van der Waals surface area (Å²) >= 11 is 0. The molecule has 2 aromatic rings. The highest BCUT2D eigenvalue weighted by Gasteiger charge is 2.17. The van der Waals surface area contributed by atoms with E-state index in [4.69, 9.17) is 0 Å². The van der Waals surface area contributed by atoms with Crippen LogP contribution in [0.4, 0.5) is 11.4 Å². The van der Waals surface area contributed by atoms with Gasteiger partial charge in [0.05, 0.1) is 10.4 Å². The van der Waals surface area contributed by atoms with Gasteiger partial charge in [0.1, 0.15) is 11.9 Å². The van der Waals surface area contributed by atoms with Crippen LogP contribution in [0.3, 0.4) is 0 Å². The number of carbonyl (C=O) groups excluding carboxylic acids is 1. The molecule has 7 nitrogen and oxygen atoms in total. The fourth-order valence-electron chi connectivity index (χ4n) is 1.50. The van der Waals surface area contributed by atoms with Crippen LogP contribution in [0.15, 0.2) is 30.5 Å². The number of hydrogen-bond donors (Lipinski definition) is 2. The third-order valence-electron chi connectivity index (χ3n) is 2.21. The summed E-state index contributed by atoms with van der Waals surface area (Å²) in [4.78, 5) is 24.5. The normalized spacial score (nSPS) is 9.88. The minimum absolute atomic E-state index is 0.196. The molecule has 17 heavy (non-hydrogen) atoms. The first-order valence-electron chi connectivity index (χ1n) is 4.71. The maximum atomic E-state index is 10.8. The van der Waals surface area contributed by atoms with Crippen molar-refractivity contribution in [2.24, 2.45) is 0 Å². The summed E-state index contributed by atoms with van der Waals surface area (Å²) in [6, 6.07) is 6.92. The zero-order chi connectivity index (χ0) is 12.3. The van der Waals surface area contributed by atoms with Crippen LogP contribution in [0.5, 0.6) is 0 Å². The van der Waals surface area contributed by atoms with Crippen LogP contribution in [0.2, 0.25) is 0 Å². The molecule has 1 aromatic heterocycles. The zero-order valence-corrected chi connectivity index (χ0v) is 8.58. The van der Waals surface area contributed by atoms with Crippen molar-refractivity contribution in [2.75, 3.05) is 5.43 Å². The molecule has 0 aliphatic heterocycles. The minimum atomic E-state index is -0.561. The molecule has 86 valence electrons. The van der Waals surface area contributed by atoms with Gasteiger partial charge in [0, 0.05) is 5.39 Å². The van der Waals surface area contributed by atoms with Crippen molar-refractivity contribution in [3.05, 3.63) is 40.6 Å². The first-order chi connectivity index (χ1) is 8.24. The average Bonchev–Trinajstić information content (AvgIpc) is 2.35. The summed E-state index contributed by atoms with van der Waals surface area (Å²) in [7, 11) is 0. The van der Waals surface area contributed by atoms with Crippen molar-refractivity contribution in [1.82, 2.24) is 10.4 Å². The standard InChI is InChI=1S/C10H8N4O3/c15-6-12-13-10-7-3-1-2-4-8(7)11-5-9(10)14(16)17/h1-6H,(H,11,13)(H,12,15). The molecule has 0 bridgehead atoms. The molecule has 0 spiro atoms. The maximum absolute atomic E-state index is 10.8. The van der Waals surface area contributed by atoms with Gasteiger partial charge in [-0.1, -0.05) is 18.2 Å². The molecule has 0 atom stereocenters. The number of para-hydroxylation sites is 1. The molecule has 2 rings (SSSR count). The Kier molecular flexibility index (Phi) is 2.82. The van der Waals surface area contributed by atoms with E-state index in [0.29, 0.717) is 17.3 Å². The van der Waals surface area contributed by atoms with Gasteiger partial charge in [-0.3, -0.25) is 25.8 Å². The Hall–Kier alpha value is -2.70. The van der Waals surface area contributed by atoms with Crippen molar-refractivity contribution in [2.45, 2.75) is 0 Å². The molecular formula is C10H8N4O3. The Bertz CT molecular complexity index is 585. The largest absolute Gasteiger partial charge is 0.312 e. The molecule has 1 amide bonds. The number of aromatic nitrogens is 1. The molecule has 0 saturated heterocycles. The van der Waals surface area contributed by atoms with Crippen LogP contribution in [-0.2, 0) is 4.79 Å². The lowest BCUT2D eigenvalue weighted by molar-refractivity contribution is -0.384. The maximum Gasteiger partial charge on any atom is 0.312 e. The number of fused-ring (bicyclic) bond motifs is 1. The van der Waals surface area contributed by atoms with Crippen molar-refractivity contribution in [3.63, 3.8) is 0 Å². The Labute approximate surface area is 95.6 Å². The van der Waals surface area contributed by atoms with Gasteiger partial charge in [0.2, 0.25) is 6.41 Å². The Morgan fingerprint density at radius 1 is 1.35 bits per heavy atom. The molecule has 0 radical (unpaired) electrons. The molecule has 0 saturated carbocycles. The lowest BCUT2D eigenvalue weighted by Gasteiger charge is -2.07. The number of carbonyl (C=O) groups is 1. The van der Waals surface area contributed by atoms with Crippen LogP contribution >= 0.6 is 0 Å². The summed E-state index contributed by atoms with van der Waals surface area (Å²) in [5, 5.41) is 11.4. The molecule has 0 aliphatic rings. The summed E-state index contributed by atoms with van der Waals surface area (Å²) in [5.41, 5.74) is 5.30. The van der Waals surface area contributed by atoms with Gasteiger partial charge in [-0.05, 0) is 6.07 Å². The smallest absolute Gasteiger partial charge is 0.292 e. The van der Waals surface area contributed by atoms with E-state index in [1.54, 1.807) is 24.3 Å². The van der Waals surface area contributed by atoms with E-state index in [1.165, 1.54) is 0 Å². The van der Waals surface area contributed by atoms with E-state index in [-0.39, 0.29) is 11.4 Å². The van der Waals surface area contributed by atoms with Crippen molar-refractivity contribution in [1.29, 1.82) is 0 Å². The summed E-state index contributed by atoms with van der Waals surface area (Å²) in [6.07, 6.45) is 1.55. The van der Waals surface area contributed by atoms with E-state index in [0.717, 1.165) is 6.20 Å². The number of hydrazine groups is 1. The van der Waals surface area contributed by atoms with E-state index in [1.807, 2.05) is 0 Å². The number of amides is 1. The minimum Gasteiger partial charge on any atom is -0.292 e. The van der Waals surface area contributed by atoms with E-state index in [2.05, 4.69) is 15.8 Å². The second-order valence-electron chi connectivity index (χ2n) is 3.18. The van der Waals surface area contributed by atoms with Crippen molar-refractivity contribution >= 4 is 28.7 Å². The van der Waals surface area contributed by atoms with Gasteiger partial charge in [0.25, 0.3) is 0 Å². The second kappa shape index (κ2) is 4.44. The van der Waals surface area contributed by atoms with Crippen molar-refractivity contribution in [3.8, 4) is 0 Å². The summed E-state index contributed by atoms with van der Waals surface area (Å²) in [5.74, 6) is 0. The molecule has 2 N–H and O–H groups in total. The molecule has 1 aromatic carbocycles. The van der Waals surface area contributed by atoms with Gasteiger partial charge in [-0.2, -0.15) is 0 Å². The molecular weight excluding hydrogens is 224 g/mol. The average molecular weight is 232 g/mol. The quantitative estimate of drug-likeness (QED) is 0.469. The van der Waals surface area contributed by atoms with Gasteiger partial charge in [-0.25, -0.2) is 4.98 Å². The first kappa shape index (κ1) is 10.8. The molecule has 0 unspecified atom stereocenters. The highest BCUT2D eigenvalue weighted by atomic mass is 16.6. The van der Waals surface area contributed by atoms with E-state index in [9.17, 15) is 14.9 Å². The molecule has 0 fully saturated rings. The highest BCUT2D eigenvalue weighted by molar-refractivity contribution is 5.95. The van der Waals surface area contributed by atoms with Gasteiger partial charge < -0.3 is 0 Å². The highest BCUT2D eigenvalue weighted by Crippen LogP contribution is 2.30. The van der Waals surface area contributed by atoms with Crippen LogP contribution in [0.25, 0.3) is 10.9 Å². The van der Waals surface area contributed by atoms with E-state index < -0.39 is 4.92 Å². The number of nitro groups is 1. The fraction of sp³-hybridized carbons (Fsp3) is 0. The van der Waals surface area contributed by atoms with Crippen LogP contribution in [0, 0.1) is 10.1 Å². The first-order valence-corrected chi connectivity index (χ1v) is 4.71. The third kappa shape index (κ3) is 1.98. The number of anilines is 1. The molecule has 1 heterocycles. The monoisotopic (exact) mass is 232 g/mol. The summed E-state index contributed by atoms with van der Waals surface area (Å²) in [6.45, 7) is 0. The number of rotatable bonds is 4. The van der Waals surface area contributed by atoms with Gasteiger partial charge >= 0.3 is 5.69 Å². The number of hydrogen-bond acceptors (Lipinski definition) is 5. The lowest BCUT2D eigenvalue weighted by atomic mass is 10.2. The second-order valence-corrected chi connectivity index (χ2v) is 3.18. The van der Waals surface area contributed by atoms with Crippen molar-refractivity contribution < 1.29 is 9.72 Å². The van der Waals surface area contributed by atoms with Crippen LogP contribution < -0.4 is 10.9 Å². The fourth-order valence-corrected chi connectivity index (χ4v) is 1.50. The SMILES string of the molecule is O=CNNc1c([N+](=O)[O-])cnc2ccccc12. The number of nitrogens with one attached hydrogen (secondary N) is 2.